The van der Waals surface area contributed by atoms with Gasteiger partial charge in [0.05, 0.1) is 34.3 Å². The van der Waals surface area contributed by atoms with Crippen LogP contribution in [0.5, 0.6) is 0 Å². The maximum atomic E-state index is 9.67. The molecule has 0 aliphatic carbocycles. The molecule has 0 saturated heterocycles. The van der Waals surface area contributed by atoms with Crippen LogP contribution in [-0.2, 0) is 0 Å². The summed E-state index contributed by atoms with van der Waals surface area (Å²) < 4.78 is 221. The molecule has 0 nitrogen and oxygen atoms in total. The van der Waals surface area contributed by atoms with E-state index in [9.17, 15) is 8.22 Å². The van der Waals surface area contributed by atoms with Crippen molar-refractivity contribution in [2.75, 3.05) is 0 Å². The minimum absolute atomic E-state index is 0.385. The van der Waals surface area contributed by atoms with Crippen molar-refractivity contribution in [3.8, 4) is 33.4 Å². The van der Waals surface area contributed by atoms with E-state index in [0.29, 0.717) is 0 Å². The van der Waals surface area contributed by atoms with Crippen LogP contribution in [0.1, 0.15) is 34.3 Å². The summed E-state index contributed by atoms with van der Waals surface area (Å²) >= 11 is 0. The molecule has 0 radical (unpaired) electrons. The second-order valence-corrected chi connectivity index (χ2v) is 8.58. The third kappa shape index (κ3) is 3.61. The maximum Gasteiger partial charge on any atom is 0.0636 e. The number of hydrogen-bond donors (Lipinski definition) is 0. The van der Waals surface area contributed by atoms with Gasteiger partial charge in [-0.15, -0.1) is 0 Å². The fourth-order valence-corrected chi connectivity index (χ4v) is 4.70. The average Bonchev–Trinajstić information content (AvgIpc) is 3.27. The molecule has 0 atom stereocenters. The van der Waals surface area contributed by atoms with Crippen molar-refractivity contribution in [1.82, 2.24) is 0 Å². The zero-order valence-corrected chi connectivity index (χ0v) is 20.1. The van der Waals surface area contributed by atoms with Crippen molar-refractivity contribution in [2.24, 2.45) is 0 Å². The minimum Gasteiger partial charge on any atom is -0.0622 e. The van der Waals surface area contributed by atoms with Gasteiger partial charge in [0, 0.05) is 0 Å². The highest BCUT2D eigenvalue weighted by Gasteiger charge is 2.16. The summed E-state index contributed by atoms with van der Waals surface area (Å²) in [6.45, 7) is 0. The molecule has 0 amide bonds. The van der Waals surface area contributed by atoms with Crippen molar-refractivity contribution in [3.63, 3.8) is 0 Å². The fourth-order valence-electron chi connectivity index (χ4n) is 4.70. The highest BCUT2D eigenvalue weighted by Crippen LogP contribution is 2.44. The van der Waals surface area contributed by atoms with Gasteiger partial charge in [-0.05, 0) is 88.6 Å². The van der Waals surface area contributed by atoms with Gasteiger partial charge in [-0.25, -0.2) is 0 Å². The van der Waals surface area contributed by atoms with E-state index in [0.717, 1.165) is 6.07 Å². The van der Waals surface area contributed by atoms with Gasteiger partial charge in [0.25, 0.3) is 0 Å². The van der Waals surface area contributed by atoms with E-state index in [4.69, 9.17) is 26.0 Å². The fraction of sp³-hybridized carbons (Fsp3) is 0. The van der Waals surface area contributed by atoms with Gasteiger partial charge in [-0.2, -0.15) is 0 Å². The standard InChI is InChI=1S/C40H26/c1-3-11-27(12-4-1)29-21-23-33-30(25-29)19-20-31-26-32(22-24-34(31)33)40-37-17-9-7-15-35(37)39(28-13-5-2-6-14-28)36-16-8-10-18-38(36)40/h1-26H/i1D,2D,3D,4D,5D,6D,7D,8D,9D,10D,11D,12D,13D,14D,15D,17D,18D,19D,20D,21D,22D,23D,24D,25D,26D. The molecular weight excluding hydrogens is 480 g/mol. The third-order valence-corrected chi connectivity index (χ3v) is 6.39. The quantitative estimate of drug-likeness (QED) is 0.157. The molecule has 0 fully saturated rings. The summed E-state index contributed by atoms with van der Waals surface area (Å²) in [5.41, 5.74) is -3.71. The average molecular weight is 532 g/mol. The smallest absolute Gasteiger partial charge is 0.0622 e. The zero-order chi connectivity index (χ0) is 48.2. The summed E-state index contributed by atoms with van der Waals surface area (Å²) in [4.78, 5) is 0. The molecular formula is C40H26. The molecule has 0 bridgehead atoms. The first-order valence-corrected chi connectivity index (χ1v) is 11.8. The van der Waals surface area contributed by atoms with Crippen molar-refractivity contribution >= 4 is 43.1 Å². The van der Waals surface area contributed by atoms with Gasteiger partial charge >= 0.3 is 0 Å². The topological polar surface area (TPSA) is 0 Å². The lowest BCUT2D eigenvalue weighted by Gasteiger charge is -2.18. The second-order valence-electron chi connectivity index (χ2n) is 8.58. The number of benzene rings is 8. The van der Waals surface area contributed by atoms with Gasteiger partial charge in [0.15, 0.2) is 0 Å². The normalized spacial score (nSPS) is 20.2. The van der Waals surface area contributed by atoms with Crippen LogP contribution >= 0.6 is 0 Å². The summed E-state index contributed by atoms with van der Waals surface area (Å²) in [6, 6.07) is -20.3. The molecule has 0 aliphatic rings. The molecule has 0 heterocycles. The first-order valence-electron chi connectivity index (χ1n) is 24.3. The number of fused-ring (bicyclic) bond motifs is 5. The highest BCUT2D eigenvalue weighted by atomic mass is 14.2. The third-order valence-electron chi connectivity index (χ3n) is 6.39. The van der Waals surface area contributed by atoms with Crippen LogP contribution in [-0.4, -0.2) is 0 Å². The van der Waals surface area contributed by atoms with Crippen molar-refractivity contribution < 1.29 is 34.3 Å². The Bertz CT molecular complexity index is 3540. The Morgan fingerprint density at radius 1 is 0.300 bits per heavy atom. The molecule has 0 aromatic heterocycles. The summed E-state index contributed by atoms with van der Waals surface area (Å²) in [6.07, 6.45) is 0. The summed E-state index contributed by atoms with van der Waals surface area (Å²) in [5.74, 6) is 0. The zero-order valence-electron chi connectivity index (χ0n) is 45.1. The summed E-state index contributed by atoms with van der Waals surface area (Å²) in [5, 5.41) is -4.46. The predicted molar refractivity (Wildman–Crippen MR) is 173 cm³/mol. The molecule has 40 heavy (non-hydrogen) atoms. The van der Waals surface area contributed by atoms with Crippen LogP contribution in [0.15, 0.2) is 157 Å². The maximum absolute atomic E-state index is 9.67. The van der Waals surface area contributed by atoms with Crippen LogP contribution in [0.4, 0.5) is 0 Å². The van der Waals surface area contributed by atoms with E-state index < -0.39 is 222 Å². The van der Waals surface area contributed by atoms with Gasteiger partial charge in [0.1, 0.15) is 0 Å². The summed E-state index contributed by atoms with van der Waals surface area (Å²) in [7, 11) is 0. The van der Waals surface area contributed by atoms with Crippen molar-refractivity contribution in [3.05, 3.63) is 157 Å². The van der Waals surface area contributed by atoms with Gasteiger partial charge in [-0.1, -0.05) is 145 Å². The molecule has 0 heteroatoms. The van der Waals surface area contributed by atoms with Crippen molar-refractivity contribution in [1.29, 1.82) is 0 Å². The second kappa shape index (κ2) is 9.22. The van der Waals surface area contributed by atoms with Crippen LogP contribution in [0.25, 0.3) is 76.5 Å². The predicted octanol–water partition coefficient (Wildman–Crippen LogP) is 11.3. The van der Waals surface area contributed by atoms with E-state index in [1.54, 1.807) is 0 Å². The first kappa shape index (κ1) is 8.91. The van der Waals surface area contributed by atoms with Crippen LogP contribution in [0.3, 0.4) is 0 Å². The Labute approximate surface area is 268 Å². The lowest BCUT2D eigenvalue weighted by atomic mass is 9.85. The van der Waals surface area contributed by atoms with Crippen LogP contribution < -0.4 is 0 Å². The van der Waals surface area contributed by atoms with Crippen LogP contribution in [0.2, 0.25) is 0 Å². The van der Waals surface area contributed by atoms with E-state index in [1.807, 2.05) is 0 Å². The lowest BCUT2D eigenvalue weighted by Crippen LogP contribution is -1.91. The molecule has 8 rings (SSSR count). The van der Waals surface area contributed by atoms with E-state index in [1.165, 1.54) is 0 Å². The largest absolute Gasteiger partial charge is 0.0636 e. The van der Waals surface area contributed by atoms with E-state index >= 15 is 0 Å². The highest BCUT2D eigenvalue weighted by molar-refractivity contribution is 6.22. The van der Waals surface area contributed by atoms with E-state index in [2.05, 4.69) is 0 Å². The van der Waals surface area contributed by atoms with Gasteiger partial charge in [0.2, 0.25) is 0 Å². The lowest BCUT2D eigenvalue weighted by molar-refractivity contribution is 1.65. The molecule has 0 spiro atoms. The van der Waals surface area contributed by atoms with Crippen LogP contribution in [0, 0.1) is 0 Å². The van der Waals surface area contributed by atoms with Gasteiger partial charge in [-0.3, -0.25) is 0 Å². The minimum atomic E-state index is -0.959. The first-order chi connectivity index (χ1) is 30.3. The molecule has 0 saturated carbocycles. The Kier molecular flexibility index (Phi) is 2.05. The molecule has 0 unspecified atom stereocenters. The SMILES string of the molecule is [2H]c1cc2c(-c3c([2H])c([2H])c([2H])c([2H])c3[2H])c3c([2H])c([2H])c([2H])c([2H])c3c(-c3c([2H])c([2H])c4c(c3[2H])c([2H])c([2H])c3c([2H])c(-c5c([2H])c([2H])c([2H])c([2H])c5[2H])c([2H])c([2H])c34)c2c([2H])c1[2H]. The van der Waals surface area contributed by atoms with Crippen molar-refractivity contribution in [2.45, 2.75) is 0 Å². The molecule has 8 aromatic rings. The molecule has 0 aliphatic heterocycles. The Hall–Kier alpha value is -5.20. The van der Waals surface area contributed by atoms with Gasteiger partial charge < -0.3 is 0 Å². The molecule has 0 N–H and O–H groups in total. The van der Waals surface area contributed by atoms with E-state index in [-0.39, 0.29) is 5.39 Å². The molecule has 186 valence electrons. The number of rotatable bonds is 3. The molecule has 8 aromatic carbocycles. The Morgan fingerprint density at radius 3 is 1.43 bits per heavy atom. The monoisotopic (exact) mass is 531 g/mol. The number of hydrogen-bond acceptors (Lipinski definition) is 0. The Morgan fingerprint density at radius 2 is 0.775 bits per heavy atom. The Balaban J connectivity index is 1.65.